The molecule has 0 N–H and O–H groups in total. The Bertz CT molecular complexity index is 1150. The molecule has 1 fully saturated rings. The average Bonchev–Trinajstić information content (AvgIpc) is 3.13. The van der Waals surface area contributed by atoms with Crippen LogP contribution in [-0.4, -0.2) is 46.4 Å². The fourth-order valence-corrected chi connectivity index (χ4v) is 4.10. The molecule has 0 aliphatic carbocycles. The van der Waals surface area contributed by atoms with E-state index < -0.39 is 11.9 Å². The zero-order valence-corrected chi connectivity index (χ0v) is 18.9. The van der Waals surface area contributed by atoms with Gasteiger partial charge in [-0.3, -0.25) is 0 Å². The lowest BCUT2D eigenvalue weighted by atomic mass is 10.0. The van der Waals surface area contributed by atoms with E-state index in [1.165, 1.54) is 0 Å². The van der Waals surface area contributed by atoms with Crippen molar-refractivity contribution in [2.75, 3.05) is 24.6 Å². The summed E-state index contributed by atoms with van der Waals surface area (Å²) in [4.78, 5) is 19.2. The molecule has 0 saturated carbocycles. The first-order valence-electron chi connectivity index (χ1n) is 11.0. The van der Waals surface area contributed by atoms with Crippen molar-refractivity contribution in [2.24, 2.45) is 0 Å². The van der Waals surface area contributed by atoms with Crippen molar-refractivity contribution in [1.29, 1.82) is 0 Å². The van der Waals surface area contributed by atoms with Crippen molar-refractivity contribution in [2.45, 2.75) is 52.4 Å². The van der Waals surface area contributed by atoms with Crippen LogP contribution in [0.25, 0.3) is 16.7 Å². The molecular formula is C24H28F2N4O2. The molecule has 32 heavy (non-hydrogen) atoms. The van der Waals surface area contributed by atoms with Crippen LogP contribution in [0.5, 0.6) is 0 Å². The zero-order valence-electron chi connectivity index (χ0n) is 18.9. The van der Waals surface area contributed by atoms with Crippen LogP contribution in [0.3, 0.4) is 0 Å². The van der Waals surface area contributed by atoms with E-state index in [1.54, 1.807) is 17.7 Å². The topological polar surface area (TPSA) is 60.2 Å². The number of fused-ring (bicyclic) bond motifs is 1. The number of carbonyl (C=O) groups excluding carboxylic acids is 1. The fourth-order valence-electron chi connectivity index (χ4n) is 4.10. The first kappa shape index (κ1) is 22.2. The molecule has 8 heteroatoms. The SMILES string of the molecule is CCOC(=O)c1cc(N2CCC(F)(F)CC2)c2c(C(C)C)nn(-c3cccc(C)c3)c2n1. The summed E-state index contributed by atoms with van der Waals surface area (Å²) in [5.74, 6) is -3.14. The number of esters is 1. The molecule has 170 valence electrons. The predicted molar refractivity (Wildman–Crippen MR) is 120 cm³/mol. The third-order valence-electron chi connectivity index (χ3n) is 5.76. The number of benzene rings is 1. The Morgan fingerprint density at radius 1 is 1.22 bits per heavy atom. The monoisotopic (exact) mass is 442 g/mol. The molecule has 1 saturated heterocycles. The molecule has 3 heterocycles. The normalized spacial score (nSPS) is 16.0. The van der Waals surface area contributed by atoms with Crippen LogP contribution in [-0.2, 0) is 4.74 Å². The number of halogens is 2. The van der Waals surface area contributed by atoms with Gasteiger partial charge in [0.1, 0.15) is 0 Å². The van der Waals surface area contributed by atoms with E-state index in [0.717, 1.165) is 22.3 Å². The summed E-state index contributed by atoms with van der Waals surface area (Å²) >= 11 is 0. The number of nitrogens with zero attached hydrogens (tertiary/aromatic N) is 4. The summed E-state index contributed by atoms with van der Waals surface area (Å²) in [6.45, 7) is 8.42. The van der Waals surface area contributed by atoms with Crippen LogP contribution in [0.2, 0.25) is 0 Å². The van der Waals surface area contributed by atoms with Crippen molar-refractivity contribution in [3.8, 4) is 5.69 Å². The van der Waals surface area contributed by atoms with E-state index >= 15 is 0 Å². The van der Waals surface area contributed by atoms with Gasteiger partial charge in [-0.2, -0.15) is 5.10 Å². The molecule has 0 unspecified atom stereocenters. The molecule has 1 aliphatic rings. The van der Waals surface area contributed by atoms with Crippen LogP contribution in [0, 0.1) is 6.92 Å². The van der Waals surface area contributed by atoms with Crippen molar-refractivity contribution in [1.82, 2.24) is 14.8 Å². The molecule has 1 aliphatic heterocycles. The Labute approximate surface area is 186 Å². The van der Waals surface area contributed by atoms with Crippen molar-refractivity contribution >= 4 is 22.7 Å². The van der Waals surface area contributed by atoms with Gasteiger partial charge >= 0.3 is 5.97 Å². The second-order valence-electron chi connectivity index (χ2n) is 8.58. The summed E-state index contributed by atoms with van der Waals surface area (Å²) in [6, 6.07) is 9.53. The highest BCUT2D eigenvalue weighted by Crippen LogP contribution is 2.38. The first-order valence-corrected chi connectivity index (χ1v) is 11.0. The molecule has 2 aromatic heterocycles. The minimum atomic E-state index is -2.67. The van der Waals surface area contributed by atoms with Gasteiger partial charge < -0.3 is 9.64 Å². The number of rotatable bonds is 5. The lowest BCUT2D eigenvalue weighted by molar-refractivity contribution is -0.0220. The van der Waals surface area contributed by atoms with Gasteiger partial charge in [-0.15, -0.1) is 0 Å². The third-order valence-corrected chi connectivity index (χ3v) is 5.76. The van der Waals surface area contributed by atoms with E-state index in [0.29, 0.717) is 11.3 Å². The second-order valence-corrected chi connectivity index (χ2v) is 8.58. The largest absolute Gasteiger partial charge is 0.461 e. The van der Waals surface area contributed by atoms with Crippen LogP contribution < -0.4 is 4.90 Å². The maximum absolute atomic E-state index is 13.9. The lowest BCUT2D eigenvalue weighted by Crippen LogP contribution is -2.39. The quantitative estimate of drug-likeness (QED) is 0.504. The summed E-state index contributed by atoms with van der Waals surface area (Å²) in [7, 11) is 0. The number of piperidine rings is 1. The summed E-state index contributed by atoms with van der Waals surface area (Å²) in [6.07, 6.45) is -0.455. The predicted octanol–water partition coefficient (Wildman–Crippen LogP) is 5.26. The Morgan fingerprint density at radius 2 is 1.94 bits per heavy atom. The van der Waals surface area contributed by atoms with Crippen LogP contribution in [0.4, 0.5) is 14.5 Å². The van der Waals surface area contributed by atoms with Crippen LogP contribution >= 0.6 is 0 Å². The Kier molecular flexibility index (Phi) is 5.88. The number of pyridine rings is 1. The molecule has 4 rings (SSSR count). The minimum Gasteiger partial charge on any atom is -0.461 e. The Hall–Kier alpha value is -3.03. The Morgan fingerprint density at radius 3 is 2.56 bits per heavy atom. The van der Waals surface area contributed by atoms with Gasteiger partial charge in [0.2, 0.25) is 0 Å². The number of alkyl halides is 2. The number of hydrogen-bond donors (Lipinski definition) is 0. The number of ether oxygens (including phenoxy) is 1. The van der Waals surface area contributed by atoms with E-state index in [4.69, 9.17) is 9.84 Å². The lowest BCUT2D eigenvalue weighted by Gasteiger charge is -2.34. The highest BCUT2D eigenvalue weighted by Gasteiger charge is 2.35. The van der Waals surface area contributed by atoms with Gasteiger partial charge in [-0.1, -0.05) is 26.0 Å². The van der Waals surface area contributed by atoms with E-state index in [2.05, 4.69) is 4.98 Å². The summed E-state index contributed by atoms with van der Waals surface area (Å²) in [5.41, 5.74) is 4.09. The van der Waals surface area contributed by atoms with Gasteiger partial charge in [0.15, 0.2) is 11.3 Å². The van der Waals surface area contributed by atoms with E-state index in [-0.39, 0.29) is 44.1 Å². The third kappa shape index (κ3) is 4.18. The maximum Gasteiger partial charge on any atom is 0.357 e. The van der Waals surface area contributed by atoms with Crippen molar-refractivity contribution < 1.29 is 18.3 Å². The molecule has 0 radical (unpaired) electrons. The molecule has 0 amide bonds. The number of aryl methyl sites for hydroxylation is 1. The Balaban J connectivity index is 1.97. The number of hydrogen-bond acceptors (Lipinski definition) is 5. The van der Waals surface area contributed by atoms with E-state index in [1.807, 2.05) is 49.9 Å². The molecule has 0 bridgehead atoms. The molecule has 0 spiro atoms. The number of carbonyl (C=O) groups is 1. The van der Waals surface area contributed by atoms with Gasteiger partial charge in [0.05, 0.1) is 29.1 Å². The van der Waals surface area contributed by atoms with Gasteiger partial charge in [0, 0.05) is 25.9 Å². The molecule has 0 atom stereocenters. The molecule has 1 aromatic carbocycles. The summed E-state index contributed by atoms with van der Waals surface area (Å²) < 4.78 is 34.7. The minimum absolute atomic E-state index is 0.0729. The molecule has 6 nitrogen and oxygen atoms in total. The second kappa shape index (κ2) is 8.48. The fraction of sp³-hybridized carbons (Fsp3) is 0.458. The maximum atomic E-state index is 13.9. The number of aromatic nitrogens is 3. The standard InChI is InChI=1S/C24H28F2N4O2/c1-5-32-23(31)18-14-19(29-11-9-24(25,26)10-12-29)20-21(15(2)3)28-30(22(20)27-18)17-8-6-7-16(4)13-17/h6-8,13-15H,5,9-12H2,1-4H3. The van der Waals surface area contributed by atoms with Crippen LogP contribution in [0.15, 0.2) is 30.3 Å². The highest BCUT2D eigenvalue weighted by atomic mass is 19.3. The van der Waals surface area contributed by atoms with Crippen molar-refractivity contribution in [3.63, 3.8) is 0 Å². The number of anilines is 1. The molecule has 3 aromatic rings. The van der Waals surface area contributed by atoms with E-state index in [9.17, 15) is 13.6 Å². The zero-order chi connectivity index (χ0) is 23.0. The van der Waals surface area contributed by atoms with Gasteiger partial charge in [-0.25, -0.2) is 23.2 Å². The highest BCUT2D eigenvalue weighted by molar-refractivity contribution is 5.99. The smallest absolute Gasteiger partial charge is 0.357 e. The van der Waals surface area contributed by atoms with Gasteiger partial charge in [0.25, 0.3) is 5.92 Å². The molecular weight excluding hydrogens is 414 g/mol. The first-order chi connectivity index (χ1) is 15.2. The van der Waals surface area contributed by atoms with Crippen molar-refractivity contribution in [3.05, 3.63) is 47.3 Å². The summed E-state index contributed by atoms with van der Waals surface area (Å²) in [5, 5.41) is 5.65. The van der Waals surface area contributed by atoms with Crippen LogP contribution in [0.1, 0.15) is 61.3 Å². The van der Waals surface area contributed by atoms with Gasteiger partial charge in [-0.05, 0) is 43.5 Å². The average molecular weight is 443 g/mol.